The molecule has 1 unspecified atom stereocenters. The molecule has 0 aliphatic carbocycles. The topological polar surface area (TPSA) is 175 Å². The van der Waals surface area contributed by atoms with Crippen molar-refractivity contribution < 1.29 is 28.4 Å². The van der Waals surface area contributed by atoms with Crippen LogP contribution in [0, 0.1) is 12.7 Å². The van der Waals surface area contributed by atoms with Crippen molar-refractivity contribution in [3.05, 3.63) is 131 Å². The third-order valence-electron chi connectivity index (χ3n) is 8.82. The van der Waals surface area contributed by atoms with Gasteiger partial charge in [0.2, 0.25) is 17.8 Å². The molecule has 0 bridgehead atoms. The number of carbonyl (C=O) groups excluding carboxylic acids is 5. The predicted octanol–water partition coefficient (Wildman–Crippen LogP) is 4.67. The number of halogens is 1. The highest BCUT2D eigenvalue weighted by molar-refractivity contribution is 6.23. The number of rotatable bonds is 10. The van der Waals surface area contributed by atoms with Gasteiger partial charge in [0.25, 0.3) is 17.7 Å². The van der Waals surface area contributed by atoms with Gasteiger partial charge in [0.1, 0.15) is 11.9 Å². The van der Waals surface area contributed by atoms with Crippen LogP contribution in [0.2, 0.25) is 0 Å². The minimum atomic E-state index is -1.13. The first-order valence-corrected chi connectivity index (χ1v) is 16.4. The highest BCUT2D eigenvalue weighted by atomic mass is 19.1. The van der Waals surface area contributed by atoms with Crippen molar-refractivity contribution in [1.82, 2.24) is 30.5 Å². The average molecular weight is 699 g/mol. The number of imide groups is 2. The molecule has 0 radical (unpaired) electrons. The van der Waals surface area contributed by atoms with E-state index in [4.69, 9.17) is 0 Å². The molecule has 260 valence electrons. The van der Waals surface area contributed by atoms with Crippen LogP contribution in [0.3, 0.4) is 0 Å². The molecule has 1 atom stereocenters. The van der Waals surface area contributed by atoms with Gasteiger partial charge >= 0.3 is 0 Å². The molecule has 5 amide bonds. The zero-order valence-corrected chi connectivity index (χ0v) is 27.8. The molecule has 0 spiro atoms. The van der Waals surface area contributed by atoms with Crippen LogP contribution in [0.1, 0.15) is 60.6 Å². The van der Waals surface area contributed by atoms with Crippen LogP contribution in [-0.4, -0.2) is 55.4 Å². The van der Waals surface area contributed by atoms with Gasteiger partial charge in [-0.05, 0) is 79.1 Å². The fraction of sp³-hybridized carbons (Fsp3) is 0.158. The van der Waals surface area contributed by atoms with Crippen molar-refractivity contribution in [3.63, 3.8) is 0 Å². The summed E-state index contributed by atoms with van der Waals surface area (Å²) in [6.45, 7) is 2.30. The fourth-order valence-electron chi connectivity index (χ4n) is 6.04. The molecule has 2 aromatic heterocycles. The molecule has 52 heavy (non-hydrogen) atoms. The Morgan fingerprint density at radius 3 is 2.48 bits per heavy atom. The molecule has 2 aliphatic heterocycles. The fourth-order valence-corrected chi connectivity index (χ4v) is 6.04. The van der Waals surface area contributed by atoms with E-state index in [1.165, 1.54) is 6.07 Å². The monoisotopic (exact) mass is 698 g/mol. The highest BCUT2D eigenvalue weighted by Crippen LogP contribution is 2.30. The molecule has 0 saturated carbocycles. The first-order valence-electron chi connectivity index (χ1n) is 16.4. The summed E-state index contributed by atoms with van der Waals surface area (Å²) < 4.78 is 15.0. The van der Waals surface area contributed by atoms with E-state index in [9.17, 15) is 24.0 Å². The van der Waals surface area contributed by atoms with Gasteiger partial charge in [-0.3, -0.25) is 39.2 Å². The molecule has 1 fully saturated rings. The maximum atomic E-state index is 15.0. The van der Waals surface area contributed by atoms with E-state index in [0.29, 0.717) is 23.7 Å². The number of hydrogen-bond acceptors (Lipinski definition) is 10. The number of carbonyl (C=O) groups is 5. The minimum Gasteiger partial charge on any atom is -0.324 e. The number of nitrogens with zero attached hydrogens (tertiary/aromatic N) is 4. The van der Waals surface area contributed by atoms with Crippen molar-refractivity contribution in [2.24, 2.45) is 0 Å². The number of nitrogens with one attached hydrogen (secondary N) is 4. The second-order valence-electron chi connectivity index (χ2n) is 12.4. The standard InChI is InChI=1S/C38H31FN8O5/c1-21-4-9-26(16-31(21)45-38-42-14-12-30(44-38)24-3-2-13-40-19-24)43-34(49)23-7-5-22(6-8-23)18-41-20-25-15-27-28(17-29(25)39)37(52)47(36(27)51)32-10-11-33(48)46-35(32)50/h2-9,12-17,19,32,41H,10-11,18,20H2,1H3,(H,43,49)(H,42,44,45)(H,46,48,50). The first-order chi connectivity index (χ1) is 25.1. The lowest BCUT2D eigenvalue weighted by molar-refractivity contribution is -0.136. The molecule has 13 nitrogen and oxygen atoms in total. The molecule has 4 heterocycles. The minimum absolute atomic E-state index is 0.00288. The van der Waals surface area contributed by atoms with Crippen LogP contribution >= 0.6 is 0 Å². The van der Waals surface area contributed by atoms with Gasteiger partial charge in [0.05, 0.1) is 16.8 Å². The van der Waals surface area contributed by atoms with E-state index in [1.54, 1.807) is 61.1 Å². The molecule has 5 aromatic rings. The molecule has 7 rings (SSSR count). The Balaban J connectivity index is 0.950. The van der Waals surface area contributed by atoms with Crippen LogP contribution < -0.4 is 21.3 Å². The summed E-state index contributed by atoms with van der Waals surface area (Å²) in [6.07, 6.45) is 5.08. The lowest BCUT2D eigenvalue weighted by Gasteiger charge is -2.27. The molecule has 2 aliphatic rings. The van der Waals surface area contributed by atoms with Crippen LogP contribution in [0.25, 0.3) is 11.3 Å². The number of hydrogen-bond donors (Lipinski definition) is 4. The van der Waals surface area contributed by atoms with Crippen LogP contribution in [0.15, 0.2) is 91.4 Å². The normalized spacial score (nSPS) is 15.3. The Kier molecular flexibility index (Phi) is 9.29. The number of benzene rings is 3. The van der Waals surface area contributed by atoms with E-state index < -0.39 is 35.5 Å². The molecular formula is C38H31FN8O5. The van der Waals surface area contributed by atoms with Gasteiger partial charge in [0, 0.05) is 66.2 Å². The van der Waals surface area contributed by atoms with Gasteiger partial charge in [-0.15, -0.1) is 0 Å². The predicted molar refractivity (Wildman–Crippen MR) is 188 cm³/mol. The molecule has 14 heteroatoms. The summed E-state index contributed by atoms with van der Waals surface area (Å²) in [5.74, 6) is -3.27. The largest absolute Gasteiger partial charge is 0.324 e. The SMILES string of the molecule is Cc1ccc(NC(=O)c2ccc(CNCc3cc4c(cc3F)C(=O)N(C3CCC(=O)NC3=O)C4=O)cc2)cc1Nc1nccc(-c2cccnc2)n1. The Morgan fingerprint density at radius 2 is 1.73 bits per heavy atom. The Labute approximate surface area is 296 Å². The lowest BCUT2D eigenvalue weighted by Crippen LogP contribution is -2.54. The average Bonchev–Trinajstić information content (AvgIpc) is 3.38. The second-order valence-corrected chi connectivity index (χ2v) is 12.4. The van der Waals surface area contributed by atoms with Crippen molar-refractivity contribution in [3.8, 4) is 11.3 Å². The Hall–Kier alpha value is -6.67. The summed E-state index contributed by atoms with van der Waals surface area (Å²) in [5, 5.41) is 11.4. The number of fused-ring (bicyclic) bond motifs is 1. The summed E-state index contributed by atoms with van der Waals surface area (Å²) in [5.41, 5.74) is 5.11. The lowest BCUT2D eigenvalue weighted by atomic mass is 10.0. The van der Waals surface area contributed by atoms with Gasteiger partial charge in [0.15, 0.2) is 0 Å². The summed E-state index contributed by atoms with van der Waals surface area (Å²) in [7, 11) is 0. The smallest absolute Gasteiger partial charge is 0.262 e. The van der Waals surface area contributed by atoms with E-state index >= 15 is 4.39 Å². The molecule has 4 N–H and O–H groups in total. The zero-order chi connectivity index (χ0) is 36.4. The quantitative estimate of drug-likeness (QED) is 0.150. The van der Waals surface area contributed by atoms with Crippen LogP contribution in [0.4, 0.5) is 21.7 Å². The van der Waals surface area contributed by atoms with Crippen molar-refractivity contribution in [2.45, 2.75) is 38.9 Å². The number of aromatic nitrogens is 3. The third-order valence-corrected chi connectivity index (χ3v) is 8.82. The van der Waals surface area contributed by atoms with E-state index in [0.717, 1.165) is 39.0 Å². The number of piperidine rings is 1. The van der Waals surface area contributed by atoms with Gasteiger partial charge < -0.3 is 16.0 Å². The highest BCUT2D eigenvalue weighted by Gasteiger charge is 2.45. The summed E-state index contributed by atoms with van der Waals surface area (Å²) in [4.78, 5) is 76.9. The first kappa shape index (κ1) is 33.8. The van der Waals surface area contributed by atoms with Crippen molar-refractivity contribution in [2.75, 3.05) is 10.6 Å². The van der Waals surface area contributed by atoms with Gasteiger partial charge in [-0.2, -0.15) is 0 Å². The Morgan fingerprint density at radius 1 is 0.942 bits per heavy atom. The van der Waals surface area contributed by atoms with Crippen LogP contribution in [0.5, 0.6) is 0 Å². The maximum absolute atomic E-state index is 15.0. The van der Waals surface area contributed by atoms with E-state index in [1.807, 2.05) is 25.1 Å². The number of anilines is 3. The van der Waals surface area contributed by atoms with Crippen molar-refractivity contribution in [1.29, 1.82) is 0 Å². The molecule has 3 aromatic carbocycles. The molecular weight excluding hydrogens is 667 g/mol. The van der Waals surface area contributed by atoms with E-state index in [-0.39, 0.29) is 42.0 Å². The third kappa shape index (κ3) is 7.00. The summed E-state index contributed by atoms with van der Waals surface area (Å²) >= 11 is 0. The number of amides is 5. The maximum Gasteiger partial charge on any atom is 0.262 e. The Bertz CT molecular complexity index is 2250. The van der Waals surface area contributed by atoms with Gasteiger partial charge in [-0.25, -0.2) is 14.4 Å². The number of pyridine rings is 1. The van der Waals surface area contributed by atoms with Crippen molar-refractivity contribution >= 4 is 46.9 Å². The van der Waals surface area contributed by atoms with E-state index in [2.05, 4.69) is 36.2 Å². The zero-order valence-electron chi connectivity index (χ0n) is 27.8. The molecule has 1 saturated heterocycles. The summed E-state index contributed by atoms with van der Waals surface area (Å²) in [6, 6.07) is 19.1. The van der Waals surface area contributed by atoms with Crippen LogP contribution in [-0.2, 0) is 22.7 Å². The second kappa shape index (κ2) is 14.3. The number of aryl methyl sites for hydroxylation is 1. The van der Waals surface area contributed by atoms with Gasteiger partial charge in [-0.1, -0.05) is 18.2 Å².